The molecule has 0 fully saturated rings. The van der Waals surface area contributed by atoms with E-state index in [1.807, 2.05) is 26.0 Å². The van der Waals surface area contributed by atoms with Gasteiger partial charge in [0.25, 0.3) is 0 Å². The monoisotopic (exact) mass is 455 g/mol. The van der Waals surface area contributed by atoms with Crippen LogP contribution in [0.5, 0.6) is 5.75 Å². The number of carboxylic acid groups (broad SMARTS) is 1. The molecule has 0 aliphatic rings. The molecule has 1 aromatic carbocycles. The van der Waals surface area contributed by atoms with Crippen LogP contribution in [0.1, 0.15) is 65.8 Å². The molecule has 0 atom stereocenters. The Morgan fingerprint density at radius 1 is 1.09 bits per heavy atom. The standard InChI is InChI=1S/C26H37N3O4/c1-7-17-28-23(27-29(25(28)32)18-20(4)10-9-19(3)8-2)16-13-21-11-14-22(15-12-21)33-26(5,6)24(30)31/h9-12,14-15H,7-8,13,16-18H2,1-6H3,(H,30,31)/b19-9-,20-10+. The third-order valence-electron chi connectivity index (χ3n) is 5.50. The van der Waals surface area contributed by atoms with Gasteiger partial charge in [-0.15, -0.1) is 0 Å². The molecule has 0 bridgehead atoms. The molecule has 0 unspecified atom stereocenters. The highest BCUT2D eigenvalue weighted by Gasteiger charge is 2.29. The molecule has 0 aliphatic heterocycles. The van der Waals surface area contributed by atoms with Crippen LogP contribution in [-0.2, 0) is 30.7 Å². The molecule has 2 rings (SSSR count). The maximum atomic E-state index is 12.9. The summed E-state index contributed by atoms with van der Waals surface area (Å²) in [5, 5.41) is 13.8. The fourth-order valence-corrected chi connectivity index (χ4v) is 3.23. The summed E-state index contributed by atoms with van der Waals surface area (Å²) in [7, 11) is 0. The predicted molar refractivity (Wildman–Crippen MR) is 131 cm³/mol. The zero-order chi connectivity index (χ0) is 24.6. The summed E-state index contributed by atoms with van der Waals surface area (Å²) in [4.78, 5) is 24.2. The number of carbonyl (C=O) groups is 1. The van der Waals surface area contributed by atoms with Crippen LogP contribution in [-0.4, -0.2) is 31.0 Å². The first-order valence-electron chi connectivity index (χ1n) is 11.6. The first kappa shape index (κ1) is 26.2. The van der Waals surface area contributed by atoms with E-state index in [4.69, 9.17) is 4.74 Å². The fourth-order valence-electron chi connectivity index (χ4n) is 3.23. The molecular formula is C26H37N3O4. The van der Waals surface area contributed by atoms with Crippen LogP contribution in [0.15, 0.2) is 52.4 Å². The Hall–Kier alpha value is -3.09. The first-order chi connectivity index (χ1) is 15.6. The number of aromatic nitrogens is 3. The Morgan fingerprint density at radius 2 is 1.73 bits per heavy atom. The maximum Gasteiger partial charge on any atom is 0.347 e. The number of aryl methyl sites for hydroxylation is 2. The van der Waals surface area contributed by atoms with E-state index < -0.39 is 11.6 Å². The molecule has 1 heterocycles. The van der Waals surface area contributed by atoms with Crippen molar-refractivity contribution >= 4 is 5.97 Å². The molecule has 7 nitrogen and oxygen atoms in total. The highest BCUT2D eigenvalue weighted by Crippen LogP contribution is 2.20. The van der Waals surface area contributed by atoms with E-state index in [0.717, 1.165) is 36.2 Å². The number of carboxylic acids is 1. The number of nitrogens with zero attached hydrogens (tertiary/aromatic N) is 3. The van der Waals surface area contributed by atoms with E-state index in [2.05, 4.69) is 31.1 Å². The van der Waals surface area contributed by atoms with Crippen molar-refractivity contribution in [3.05, 3.63) is 69.4 Å². The lowest BCUT2D eigenvalue weighted by Crippen LogP contribution is -2.37. The molecule has 0 aliphatic carbocycles. The molecule has 180 valence electrons. The van der Waals surface area contributed by atoms with Crippen LogP contribution in [0.4, 0.5) is 0 Å². The molecule has 1 aromatic heterocycles. The average Bonchev–Trinajstić information content (AvgIpc) is 3.06. The van der Waals surface area contributed by atoms with E-state index in [0.29, 0.717) is 25.3 Å². The van der Waals surface area contributed by atoms with Gasteiger partial charge in [0, 0.05) is 13.0 Å². The quantitative estimate of drug-likeness (QED) is 0.465. The number of benzene rings is 1. The zero-order valence-corrected chi connectivity index (χ0v) is 20.7. The maximum absolute atomic E-state index is 12.9. The van der Waals surface area contributed by atoms with Crippen molar-refractivity contribution in [1.29, 1.82) is 0 Å². The minimum atomic E-state index is -1.29. The molecule has 1 N–H and O–H groups in total. The smallest absolute Gasteiger partial charge is 0.347 e. The highest BCUT2D eigenvalue weighted by molar-refractivity contribution is 5.76. The number of aliphatic carboxylic acids is 1. The molecule has 0 saturated heterocycles. The van der Waals surface area contributed by atoms with Crippen LogP contribution in [0.3, 0.4) is 0 Å². The highest BCUT2D eigenvalue weighted by atomic mass is 16.5. The summed E-state index contributed by atoms with van der Waals surface area (Å²) in [6.07, 6.45) is 7.37. The van der Waals surface area contributed by atoms with Crippen LogP contribution in [0.25, 0.3) is 0 Å². The first-order valence-corrected chi connectivity index (χ1v) is 11.6. The van der Waals surface area contributed by atoms with Crippen LogP contribution in [0.2, 0.25) is 0 Å². The minimum Gasteiger partial charge on any atom is -0.478 e. The average molecular weight is 456 g/mol. The van der Waals surface area contributed by atoms with Crippen LogP contribution < -0.4 is 10.4 Å². The number of rotatable bonds is 12. The van der Waals surface area contributed by atoms with Crippen molar-refractivity contribution in [2.75, 3.05) is 0 Å². The molecule has 33 heavy (non-hydrogen) atoms. The summed E-state index contributed by atoms with van der Waals surface area (Å²) < 4.78 is 8.88. The van der Waals surface area contributed by atoms with E-state index >= 15 is 0 Å². The van der Waals surface area contributed by atoms with Gasteiger partial charge in [-0.05, 0) is 64.7 Å². The summed E-state index contributed by atoms with van der Waals surface area (Å²) in [6.45, 7) is 12.4. The van der Waals surface area contributed by atoms with Gasteiger partial charge in [0.2, 0.25) is 0 Å². The summed E-state index contributed by atoms with van der Waals surface area (Å²) >= 11 is 0. The third kappa shape index (κ3) is 7.48. The zero-order valence-electron chi connectivity index (χ0n) is 20.7. The third-order valence-corrected chi connectivity index (χ3v) is 5.50. The van der Waals surface area contributed by atoms with E-state index in [1.54, 1.807) is 21.4 Å². The SMILES string of the molecule is CCCn1c(CCc2ccc(OC(C)(C)C(=O)O)cc2)nn(C/C(C)=C/C=C(/C)CC)c1=O. The molecule has 0 saturated carbocycles. The molecule has 7 heteroatoms. The van der Waals surface area contributed by atoms with Crippen LogP contribution in [0, 0.1) is 0 Å². The lowest BCUT2D eigenvalue weighted by atomic mass is 10.1. The summed E-state index contributed by atoms with van der Waals surface area (Å²) in [6, 6.07) is 7.39. The van der Waals surface area contributed by atoms with Crippen molar-refractivity contribution in [3.63, 3.8) is 0 Å². The number of hydrogen-bond donors (Lipinski definition) is 1. The second-order valence-electron chi connectivity index (χ2n) is 8.95. The second kappa shape index (κ2) is 11.7. The van der Waals surface area contributed by atoms with Gasteiger partial charge in [-0.3, -0.25) is 4.57 Å². The Morgan fingerprint density at radius 3 is 2.30 bits per heavy atom. The normalized spacial score (nSPS) is 12.8. The van der Waals surface area contributed by atoms with Crippen molar-refractivity contribution in [2.45, 2.75) is 85.9 Å². The van der Waals surface area contributed by atoms with Gasteiger partial charge < -0.3 is 9.84 Å². The van der Waals surface area contributed by atoms with Crippen molar-refractivity contribution in [3.8, 4) is 5.75 Å². The Bertz CT molecular complexity index is 1060. The van der Waals surface area contributed by atoms with Crippen molar-refractivity contribution in [1.82, 2.24) is 14.3 Å². The van der Waals surface area contributed by atoms with Crippen LogP contribution >= 0.6 is 0 Å². The Balaban J connectivity index is 2.13. The summed E-state index contributed by atoms with van der Waals surface area (Å²) in [5.41, 5.74) is 2.08. The van der Waals surface area contributed by atoms with Crippen molar-refractivity contribution in [2.24, 2.45) is 0 Å². The number of allylic oxidation sites excluding steroid dienone is 4. The second-order valence-corrected chi connectivity index (χ2v) is 8.95. The molecule has 0 radical (unpaired) electrons. The number of ether oxygens (including phenoxy) is 1. The minimum absolute atomic E-state index is 0.0737. The van der Waals surface area contributed by atoms with E-state index in [-0.39, 0.29) is 5.69 Å². The Labute approximate surface area is 196 Å². The van der Waals surface area contributed by atoms with Gasteiger partial charge in [-0.2, -0.15) is 5.10 Å². The molecule has 0 amide bonds. The van der Waals surface area contributed by atoms with Gasteiger partial charge in [0.05, 0.1) is 6.54 Å². The van der Waals surface area contributed by atoms with Crippen molar-refractivity contribution < 1.29 is 14.6 Å². The van der Waals surface area contributed by atoms with Gasteiger partial charge in [0.1, 0.15) is 11.6 Å². The van der Waals surface area contributed by atoms with E-state index in [9.17, 15) is 14.7 Å². The summed E-state index contributed by atoms with van der Waals surface area (Å²) in [5.74, 6) is 0.271. The molecular weight excluding hydrogens is 418 g/mol. The Kier molecular flexibility index (Phi) is 9.26. The fraction of sp³-hybridized carbons (Fsp3) is 0.500. The van der Waals surface area contributed by atoms with Gasteiger partial charge in [0.15, 0.2) is 5.60 Å². The largest absolute Gasteiger partial charge is 0.478 e. The predicted octanol–water partition coefficient (Wildman–Crippen LogP) is 4.78. The molecule has 2 aromatic rings. The lowest BCUT2D eigenvalue weighted by Gasteiger charge is -2.21. The van der Waals surface area contributed by atoms with Gasteiger partial charge >= 0.3 is 11.7 Å². The number of hydrogen-bond acceptors (Lipinski definition) is 4. The topological polar surface area (TPSA) is 86.3 Å². The van der Waals surface area contributed by atoms with Gasteiger partial charge in [-0.1, -0.05) is 49.3 Å². The lowest BCUT2D eigenvalue weighted by molar-refractivity contribution is -0.152. The van der Waals surface area contributed by atoms with E-state index in [1.165, 1.54) is 19.4 Å². The molecule has 0 spiro atoms. The van der Waals surface area contributed by atoms with Gasteiger partial charge in [-0.25, -0.2) is 14.3 Å².